The van der Waals surface area contributed by atoms with Crippen LogP contribution >= 0.6 is 11.6 Å². The Labute approximate surface area is 233 Å². The summed E-state index contributed by atoms with van der Waals surface area (Å²) in [4.78, 5) is 63.9. The second-order valence-electron chi connectivity index (χ2n) is 10.9. The molecule has 0 aromatic carbocycles. The van der Waals surface area contributed by atoms with Crippen LogP contribution in [0.15, 0.2) is 24.3 Å². The highest BCUT2D eigenvalue weighted by Gasteiger charge is 2.70. The van der Waals surface area contributed by atoms with Gasteiger partial charge in [-0.2, -0.15) is 0 Å². The van der Waals surface area contributed by atoms with Gasteiger partial charge in [-0.25, -0.2) is 0 Å². The lowest BCUT2D eigenvalue weighted by atomic mass is 9.53. The van der Waals surface area contributed by atoms with Crippen molar-refractivity contribution in [2.75, 3.05) is 0 Å². The maximum Gasteiger partial charge on any atom is 0.312 e. The van der Waals surface area contributed by atoms with Crippen LogP contribution in [0.1, 0.15) is 60.8 Å². The molecule has 0 amide bonds. The van der Waals surface area contributed by atoms with Gasteiger partial charge in [-0.15, -0.1) is 11.6 Å². The van der Waals surface area contributed by atoms with Crippen molar-refractivity contribution in [2.45, 2.75) is 96.2 Å². The van der Waals surface area contributed by atoms with Crippen LogP contribution in [0, 0.1) is 23.2 Å². The topological polar surface area (TPSA) is 143 Å². The molecular weight excluding hydrogens is 532 g/mol. The first-order chi connectivity index (χ1) is 18.1. The molecule has 0 bridgehead atoms. The number of rotatable bonds is 5. The number of hydrogen-bond acceptors (Lipinski definition) is 10. The maximum absolute atomic E-state index is 13.4. The summed E-state index contributed by atoms with van der Waals surface area (Å²) in [6.45, 7) is 12.8. The number of halogens is 1. The molecule has 1 aliphatic heterocycles. The first-order valence-electron chi connectivity index (χ1n) is 13.1. The van der Waals surface area contributed by atoms with Crippen molar-refractivity contribution >= 4 is 41.3 Å². The molecule has 39 heavy (non-hydrogen) atoms. The van der Waals surface area contributed by atoms with Gasteiger partial charge in [0.05, 0.1) is 16.7 Å². The van der Waals surface area contributed by atoms with Crippen molar-refractivity contribution in [1.82, 2.24) is 0 Å². The summed E-state index contributed by atoms with van der Waals surface area (Å²) in [5.74, 6) is -6.36. The van der Waals surface area contributed by atoms with Crippen LogP contribution in [0.2, 0.25) is 0 Å². The van der Waals surface area contributed by atoms with Crippen molar-refractivity contribution < 1.29 is 48.0 Å². The molecule has 2 aliphatic carbocycles. The van der Waals surface area contributed by atoms with Crippen molar-refractivity contribution in [1.29, 1.82) is 0 Å². The lowest BCUT2D eigenvalue weighted by Crippen LogP contribution is -2.69. The molecule has 1 saturated carbocycles. The summed E-state index contributed by atoms with van der Waals surface area (Å²) in [7, 11) is 0. The van der Waals surface area contributed by atoms with E-state index in [2.05, 4.69) is 6.58 Å². The minimum Gasteiger partial charge on any atom is -0.461 e. The highest BCUT2D eigenvalue weighted by Crippen LogP contribution is 2.56. The van der Waals surface area contributed by atoms with Gasteiger partial charge in [-0.3, -0.25) is 24.0 Å². The van der Waals surface area contributed by atoms with Crippen LogP contribution in [-0.4, -0.2) is 70.2 Å². The molecule has 216 valence electrons. The van der Waals surface area contributed by atoms with Crippen LogP contribution in [-0.2, 0) is 42.9 Å². The van der Waals surface area contributed by atoms with E-state index in [4.69, 9.17) is 30.5 Å². The standard InChI is InChI=1S/C28H37ClO10/c1-8-9-21(33)38-20-12-18(32)14(3)22-24(37-17(6)31)28(35)15(4)26(34)39-25(28)23(29)13(2)10-11-19(27(20,22)7)36-16(5)30/h10-11,14-15,19-20,22-25,35H,2,8-9,12H2,1,3-7H3/b11-10-/t14-,15+,19-,20-,22+,23-,24-,25-,27-,28-/m0/s1. The Balaban J connectivity index is 2.39. The summed E-state index contributed by atoms with van der Waals surface area (Å²) in [6, 6.07) is 0. The molecule has 1 N–H and O–H groups in total. The summed E-state index contributed by atoms with van der Waals surface area (Å²) >= 11 is 6.68. The Morgan fingerprint density at radius 2 is 1.77 bits per heavy atom. The highest BCUT2D eigenvalue weighted by atomic mass is 35.5. The Bertz CT molecular complexity index is 1080. The van der Waals surface area contributed by atoms with Crippen molar-refractivity contribution in [2.24, 2.45) is 23.2 Å². The Morgan fingerprint density at radius 3 is 2.33 bits per heavy atom. The van der Waals surface area contributed by atoms with Gasteiger partial charge >= 0.3 is 23.9 Å². The predicted octanol–water partition coefficient (Wildman–Crippen LogP) is 2.82. The summed E-state index contributed by atoms with van der Waals surface area (Å²) in [5.41, 5.74) is -3.42. The molecule has 0 spiro atoms. The van der Waals surface area contributed by atoms with E-state index in [0.29, 0.717) is 6.42 Å². The zero-order valence-electron chi connectivity index (χ0n) is 23.1. The third kappa shape index (κ3) is 5.37. The molecule has 11 heteroatoms. The van der Waals surface area contributed by atoms with E-state index in [0.717, 1.165) is 6.92 Å². The number of carbonyl (C=O) groups excluding carboxylic acids is 5. The maximum atomic E-state index is 13.4. The molecule has 0 unspecified atom stereocenters. The molecule has 10 atom stereocenters. The van der Waals surface area contributed by atoms with Gasteiger partial charge in [0.25, 0.3) is 0 Å². The molecule has 1 saturated heterocycles. The molecular formula is C28H37ClO10. The van der Waals surface area contributed by atoms with Crippen LogP contribution in [0.5, 0.6) is 0 Å². The number of ether oxygens (including phenoxy) is 4. The number of carbonyl (C=O) groups is 5. The first kappa shape index (κ1) is 30.8. The average molecular weight is 569 g/mol. The molecule has 1 heterocycles. The van der Waals surface area contributed by atoms with Gasteiger partial charge in [0, 0.05) is 38.5 Å². The number of esters is 4. The SMILES string of the molecule is C=C1/C=C\[C@H](OC(C)=O)[C@]2(C)[C@H]([C@@H](C)C(=O)C[C@@H]2OC(=O)CCC)[C@H](OC(C)=O)[C@@]2(O)[C@H](C)C(=O)O[C@H]2[C@H]1Cl. The average Bonchev–Trinajstić information content (AvgIpc) is 3.07. The van der Waals surface area contributed by atoms with E-state index >= 15 is 0 Å². The van der Waals surface area contributed by atoms with E-state index in [1.54, 1.807) is 20.8 Å². The van der Waals surface area contributed by atoms with E-state index in [1.807, 2.05) is 0 Å². The largest absolute Gasteiger partial charge is 0.461 e. The second-order valence-corrected chi connectivity index (χ2v) is 11.4. The van der Waals surface area contributed by atoms with E-state index in [1.165, 1.54) is 26.0 Å². The number of ketones is 1. The summed E-state index contributed by atoms with van der Waals surface area (Å²) in [6.07, 6.45) is -1.84. The Morgan fingerprint density at radius 1 is 1.15 bits per heavy atom. The molecule has 0 radical (unpaired) electrons. The van der Waals surface area contributed by atoms with Crippen molar-refractivity contribution in [3.63, 3.8) is 0 Å². The fraction of sp³-hybridized carbons (Fsp3) is 0.679. The van der Waals surface area contributed by atoms with Gasteiger partial charge in [-0.05, 0) is 25.0 Å². The molecule has 0 aromatic rings. The smallest absolute Gasteiger partial charge is 0.312 e. The van der Waals surface area contributed by atoms with Gasteiger partial charge < -0.3 is 24.1 Å². The number of fused-ring (bicyclic) bond motifs is 2. The molecule has 2 fully saturated rings. The van der Waals surface area contributed by atoms with E-state index < -0.39 is 82.4 Å². The van der Waals surface area contributed by atoms with Gasteiger partial charge in [-0.1, -0.05) is 33.4 Å². The van der Waals surface area contributed by atoms with Gasteiger partial charge in [0.1, 0.15) is 24.1 Å². The number of alkyl halides is 1. The van der Waals surface area contributed by atoms with Crippen molar-refractivity contribution in [3.05, 3.63) is 24.3 Å². The zero-order chi connectivity index (χ0) is 29.4. The Hall–Kier alpha value is -2.72. The lowest BCUT2D eigenvalue weighted by molar-refractivity contribution is -0.232. The van der Waals surface area contributed by atoms with Gasteiger partial charge in [0.15, 0.2) is 11.7 Å². The predicted molar refractivity (Wildman–Crippen MR) is 138 cm³/mol. The van der Waals surface area contributed by atoms with Crippen LogP contribution in [0.25, 0.3) is 0 Å². The van der Waals surface area contributed by atoms with E-state index in [9.17, 15) is 29.1 Å². The lowest BCUT2D eigenvalue weighted by Gasteiger charge is -2.56. The zero-order valence-corrected chi connectivity index (χ0v) is 23.9. The summed E-state index contributed by atoms with van der Waals surface area (Å²) in [5, 5.41) is 11.2. The number of aliphatic hydroxyl groups is 1. The summed E-state index contributed by atoms with van der Waals surface area (Å²) < 4.78 is 22.9. The normalized spacial score (nSPS) is 41.0. The minimum absolute atomic E-state index is 0.0819. The molecule has 3 rings (SSSR count). The first-order valence-corrected chi connectivity index (χ1v) is 13.5. The quantitative estimate of drug-likeness (QED) is 0.299. The third-order valence-electron chi connectivity index (χ3n) is 8.41. The highest BCUT2D eigenvalue weighted by molar-refractivity contribution is 6.23. The molecule has 3 aliphatic rings. The van der Waals surface area contributed by atoms with Crippen molar-refractivity contribution in [3.8, 4) is 0 Å². The van der Waals surface area contributed by atoms with Crippen LogP contribution in [0.4, 0.5) is 0 Å². The fourth-order valence-electron chi connectivity index (χ4n) is 6.24. The molecule has 0 aromatic heterocycles. The van der Waals surface area contributed by atoms with Crippen LogP contribution < -0.4 is 0 Å². The number of hydrogen-bond donors (Lipinski definition) is 1. The molecule has 10 nitrogen and oxygen atoms in total. The monoisotopic (exact) mass is 568 g/mol. The number of Topliss-reactive ketones (excluding diaryl/α,β-unsaturated/α-hetero) is 1. The third-order valence-corrected chi connectivity index (χ3v) is 8.91. The van der Waals surface area contributed by atoms with Gasteiger partial charge in [0.2, 0.25) is 0 Å². The fourth-order valence-corrected chi connectivity index (χ4v) is 6.56. The van der Waals surface area contributed by atoms with E-state index in [-0.39, 0.29) is 24.2 Å². The second kappa shape index (κ2) is 11.4. The Kier molecular flexibility index (Phi) is 9.02. The number of allylic oxidation sites excluding steroid dienone is 1. The van der Waals surface area contributed by atoms with Crippen LogP contribution in [0.3, 0.4) is 0 Å². The minimum atomic E-state index is -2.22.